The van der Waals surface area contributed by atoms with E-state index in [1.165, 1.54) is 11.6 Å². The van der Waals surface area contributed by atoms with Gasteiger partial charge in [-0.25, -0.2) is 4.98 Å². The van der Waals surface area contributed by atoms with Crippen molar-refractivity contribution < 1.29 is 9.53 Å². The van der Waals surface area contributed by atoms with Crippen LogP contribution in [0.2, 0.25) is 0 Å². The lowest BCUT2D eigenvalue weighted by Gasteiger charge is -2.50. The summed E-state index contributed by atoms with van der Waals surface area (Å²) in [6.45, 7) is 14.5. The molecule has 0 saturated carbocycles. The van der Waals surface area contributed by atoms with Gasteiger partial charge in [0.2, 0.25) is 11.9 Å². The van der Waals surface area contributed by atoms with Crippen molar-refractivity contribution in [2.75, 3.05) is 44.7 Å². The fourth-order valence-corrected chi connectivity index (χ4v) is 6.45. The average molecular weight is 559 g/mol. The van der Waals surface area contributed by atoms with Crippen LogP contribution in [0.25, 0.3) is 11.0 Å². The van der Waals surface area contributed by atoms with E-state index in [9.17, 15) is 9.59 Å². The Hall–Kier alpha value is -3.56. The number of ether oxygens (including phenoxy) is 1. The first-order chi connectivity index (χ1) is 19.9. The molecule has 5 rings (SSSR count). The van der Waals surface area contributed by atoms with Crippen molar-refractivity contribution in [2.45, 2.75) is 64.1 Å². The second-order valence-corrected chi connectivity index (χ2v) is 11.1. The van der Waals surface area contributed by atoms with Gasteiger partial charge in [-0.1, -0.05) is 44.7 Å². The predicted octanol–water partition coefficient (Wildman–Crippen LogP) is 4.66. The molecule has 2 saturated heterocycles. The number of aromatic nitrogens is 3. The summed E-state index contributed by atoms with van der Waals surface area (Å²) >= 11 is 0. The SMILES string of the molecule is C=CC(=O)N1CCN(C2(c3ccc([C@H](C)Nc4ncc5ccc(=O)n(C(CC)CC)c5n4)cc3)CCOCC2)CC1. The van der Waals surface area contributed by atoms with Crippen LogP contribution in [0.4, 0.5) is 5.95 Å². The lowest BCUT2D eigenvalue weighted by atomic mass is 9.80. The molecule has 1 N–H and O–H groups in total. The molecule has 2 aliphatic heterocycles. The summed E-state index contributed by atoms with van der Waals surface area (Å²) in [5.41, 5.74) is 2.96. The van der Waals surface area contributed by atoms with Gasteiger partial charge in [0.15, 0.2) is 0 Å². The Kier molecular flexibility index (Phi) is 8.85. The fraction of sp³-hybridized carbons (Fsp3) is 0.500. The highest BCUT2D eigenvalue weighted by molar-refractivity contribution is 5.87. The molecule has 0 bridgehead atoms. The number of benzene rings is 1. The third-order valence-electron chi connectivity index (χ3n) is 8.96. The topological polar surface area (TPSA) is 92.6 Å². The van der Waals surface area contributed by atoms with Gasteiger partial charge in [-0.15, -0.1) is 0 Å². The van der Waals surface area contributed by atoms with Crippen molar-refractivity contribution in [3.8, 4) is 0 Å². The number of amides is 1. The molecule has 2 fully saturated rings. The maximum atomic E-state index is 12.8. The van der Waals surface area contributed by atoms with Crippen molar-refractivity contribution in [1.29, 1.82) is 0 Å². The molecule has 0 radical (unpaired) electrons. The minimum absolute atomic E-state index is 0.00532. The molecule has 4 heterocycles. The summed E-state index contributed by atoms with van der Waals surface area (Å²) in [7, 11) is 0. The van der Waals surface area contributed by atoms with E-state index < -0.39 is 0 Å². The molecule has 1 aromatic carbocycles. The molecule has 218 valence electrons. The summed E-state index contributed by atoms with van der Waals surface area (Å²) in [6.07, 6.45) is 6.78. The molecule has 0 spiro atoms. The van der Waals surface area contributed by atoms with E-state index in [4.69, 9.17) is 9.72 Å². The molecule has 0 aliphatic carbocycles. The number of nitrogens with one attached hydrogen (secondary N) is 1. The molecule has 1 atom stereocenters. The van der Waals surface area contributed by atoms with Gasteiger partial charge in [-0.3, -0.25) is 19.1 Å². The Bertz CT molecular complexity index is 1420. The van der Waals surface area contributed by atoms with Gasteiger partial charge in [0.05, 0.1) is 11.6 Å². The van der Waals surface area contributed by atoms with Gasteiger partial charge in [0, 0.05) is 63.1 Å². The molecule has 9 heteroatoms. The largest absolute Gasteiger partial charge is 0.381 e. The predicted molar refractivity (Wildman–Crippen MR) is 162 cm³/mol. The minimum Gasteiger partial charge on any atom is -0.381 e. The number of rotatable bonds is 9. The number of nitrogens with zero attached hydrogens (tertiary/aromatic N) is 5. The van der Waals surface area contributed by atoms with Crippen molar-refractivity contribution in [1.82, 2.24) is 24.3 Å². The second-order valence-electron chi connectivity index (χ2n) is 11.1. The van der Waals surface area contributed by atoms with Gasteiger partial charge in [-0.2, -0.15) is 4.98 Å². The standard InChI is InChI=1S/C32H42N6O3/c1-5-27(6-2)38-29(40)13-10-25-22-33-31(35-30(25)38)34-23(4)24-8-11-26(12-9-24)32(14-20-41-21-15-32)37-18-16-36(17-19-37)28(39)7-3/h7-13,22-23,27H,3,5-6,14-21H2,1-2,4H3,(H,33,34,35)/t23-/m0/s1. The third-order valence-corrected chi connectivity index (χ3v) is 8.96. The van der Waals surface area contributed by atoms with E-state index in [1.54, 1.807) is 18.3 Å². The van der Waals surface area contributed by atoms with E-state index >= 15 is 0 Å². The summed E-state index contributed by atoms with van der Waals surface area (Å²) in [5.74, 6) is 0.512. The van der Waals surface area contributed by atoms with Crippen molar-refractivity contribution in [3.05, 3.63) is 76.7 Å². The maximum absolute atomic E-state index is 12.8. The summed E-state index contributed by atoms with van der Waals surface area (Å²) in [5, 5.41) is 4.31. The first-order valence-corrected chi connectivity index (χ1v) is 14.9. The van der Waals surface area contributed by atoms with Crippen LogP contribution in [0.5, 0.6) is 0 Å². The Morgan fingerprint density at radius 3 is 2.39 bits per heavy atom. The van der Waals surface area contributed by atoms with Gasteiger partial charge in [-0.05, 0) is 55.9 Å². The monoisotopic (exact) mass is 558 g/mol. The van der Waals surface area contributed by atoms with Crippen LogP contribution in [-0.2, 0) is 15.1 Å². The number of hydrogen-bond acceptors (Lipinski definition) is 7. The van der Waals surface area contributed by atoms with Crippen LogP contribution in [0.1, 0.15) is 69.7 Å². The zero-order chi connectivity index (χ0) is 29.0. The lowest BCUT2D eigenvalue weighted by Crippen LogP contribution is -2.58. The zero-order valence-corrected chi connectivity index (χ0v) is 24.5. The van der Waals surface area contributed by atoms with Crippen molar-refractivity contribution >= 4 is 22.9 Å². The quantitative estimate of drug-likeness (QED) is 0.382. The number of carbonyl (C=O) groups excluding carboxylic acids is 1. The molecular formula is C32H42N6O3. The van der Waals surface area contributed by atoms with Crippen LogP contribution < -0.4 is 10.9 Å². The molecule has 2 aromatic heterocycles. The van der Waals surface area contributed by atoms with Crippen LogP contribution in [0.15, 0.2) is 60.0 Å². The van der Waals surface area contributed by atoms with Crippen LogP contribution >= 0.6 is 0 Å². The number of piperazine rings is 1. The molecule has 3 aromatic rings. The molecule has 9 nitrogen and oxygen atoms in total. The Labute approximate surface area is 242 Å². The number of fused-ring (bicyclic) bond motifs is 1. The normalized spacial score (nSPS) is 18.4. The number of carbonyl (C=O) groups is 1. The van der Waals surface area contributed by atoms with E-state index in [2.05, 4.69) is 66.8 Å². The van der Waals surface area contributed by atoms with E-state index in [0.717, 1.165) is 62.9 Å². The number of anilines is 1. The van der Waals surface area contributed by atoms with Gasteiger partial charge in [0.1, 0.15) is 5.65 Å². The van der Waals surface area contributed by atoms with Crippen LogP contribution in [0.3, 0.4) is 0 Å². The molecule has 0 unspecified atom stereocenters. The van der Waals surface area contributed by atoms with Gasteiger partial charge in [0.25, 0.3) is 5.56 Å². The zero-order valence-electron chi connectivity index (χ0n) is 24.5. The fourth-order valence-electron chi connectivity index (χ4n) is 6.45. The summed E-state index contributed by atoms with van der Waals surface area (Å²) in [4.78, 5) is 38.7. The van der Waals surface area contributed by atoms with Crippen molar-refractivity contribution in [2.24, 2.45) is 0 Å². The third kappa shape index (κ3) is 5.78. The van der Waals surface area contributed by atoms with E-state index in [-0.39, 0.29) is 29.1 Å². The molecule has 41 heavy (non-hydrogen) atoms. The van der Waals surface area contributed by atoms with Gasteiger partial charge < -0.3 is 15.0 Å². The smallest absolute Gasteiger partial charge is 0.252 e. The van der Waals surface area contributed by atoms with Crippen LogP contribution in [-0.4, -0.2) is 69.6 Å². The highest BCUT2D eigenvalue weighted by Gasteiger charge is 2.41. The van der Waals surface area contributed by atoms with Gasteiger partial charge >= 0.3 is 0 Å². The van der Waals surface area contributed by atoms with Crippen LogP contribution in [0, 0.1) is 0 Å². The Balaban J connectivity index is 1.35. The second kappa shape index (κ2) is 12.5. The average Bonchev–Trinajstić information content (AvgIpc) is 3.02. The first-order valence-electron chi connectivity index (χ1n) is 14.9. The Morgan fingerprint density at radius 2 is 1.76 bits per heavy atom. The number of hydrogen-bond donors (Lipinski definition) is 1. The molecule has 2 aliphatic rings. The van der Waals surface area contributed by atoms with E-state index in [1.807, 2.05) is 9.47 Å². The molecule has 1 amide bonds. The summed E-state index contributed by atoms with van der Waals surface area (Å²) < 4.78 is 7.58. The highest BCUT2D eigenvalue weighted by Crippen LogP contribution is 2.39. The highest BCUT2D eigenvalue weighted by atomic mass is 16.5. The van der Waals surface area contributed by atoms with Crippen molar-refractivity contribution in [3.63, 3.8) is 0 Å². The first kappa shape index (κ1) is 29.0. The van der Waals surface area contributed by atoms with E-state index in [0.29, 0.717) is 24.7 Å². The maximum Gasteiger partial charge on any atom is 0.252 e. The lowest BCUT2D eigenvalue weighted by molar-refractivity contribution is -0.130. The minimum atomic E-state index is -0.100. The Morgan fingerprint density at radius 1 is 1.07 bits per heavy atom. The summed E-state index contributed by atoms with van der Waals surface area (Å²) in [6, 6.07) is 12.3. The molecular weight excluding hydrogens is 516 g/mol. The number of pyridine rings is 1.